The van der Waals surface area contributed by atoms with Crippen molar-refractivity contribution in [3.05, 3.63) is 23.9 Å². The molecule has 1 fully saturated rings. The Morgan fingerprint density at radius 1 is 1.60 bits per heavy atom. The van der Waals surface area contributed by atoms with Crippen LogP contribution in [0.4, 0.5) is 0 Å². The van der Waals surface area contributed by atoms with E-state index in [0.29, 0.717) is 11.7 Å². The standard InChI is InChI=1S/C14H16N2O4/c1-19-13-5-12-10(4-11(13)14(17)18)6-15-16(12)7-9-2-3-20-8-9/h4-6,9H,2-3,7-8H2,1H3,(H,17,18). The number of carboxylic acids is 1. The second kappa shape index (κ2) is 5.13. The first-order valence-corrected chi connectivity index (χ1v) is 6.53. The van der Waals surface area contributed by atoms with Gasteiger partial charge in [0.2, 0.25) is 0 Å². The first kappa shape index (κ1) is 12.9. The van der Waals surface area contributed by atoms with Crippen molar-refractivity contribution in [3.63, 3.8) is 0 Å². The average molecular weight is 276 g/mol. The van der Waals surface area contributed by atoms with Gasteiger partial charge in [0.25, 0.3) is 0 Å². The second-order valence-corrected chi connectivity index (χ2v) is 4.97. The largest absolute Gasteiger partial charge is 0.496 e. The number of nitrogens with zero attached hydrogens (tertiary/aromatic N) is 2. The fourth-order valence-electron chi connectivity index (χ4n) is 2.56. The van der Waals surface area contributed by atoms with Gasteiger partial charge in [-0.3, -0.25) is 4.68 Å². The Bertz CT molecular complexity index is 644. The number of aromatic nitrogens is 2. The van der Waals surface area contributed by atoms with Gasteiger partial charge in [-0.2, -0.15) is 5.10 Å². The summed E-state index contributed by atoms with van der Waals surface area (Å²) in [5.74, 6) is -0.182. The number of fused-ring (bicyclic) bond motifs is 1. The van der Waals surface area contributed by atoms with Crippen LogP contribution >= 0.6 is 0 Å². The molecule has 1 N–H and O–H groups in total. The molecule has 20 heavy (non-hydrogen) atoms. The highest BCUT2D eigenvalue weighted by Gasteiger charge is 2.19. The third-order valence-corrected chi connectivity index (χ3v) is 3.65. The lowest BCUT2D eigenvalue weighted by Crippen LogP contribution is -2.11. The maximum absolute atomic E-state index is 11.2. The summed E-state index contributed by atoms with van der Waals surface area (Å²) < 4.78 is 12.4. The van der Waals surface area contributed by atoms with E-state index in [4.69, 9.17) is 14.6 Å². The Kier molecular flexibility index (Phi) is 3.31. The minimum Gasteiger partial charge on any atom is -0.496 e. The Morgan fingerprint density at radius 3 is 3.10 bits per heavy atom. The number of ether oxygens (including phenoxy) is 2. The number of hydrogen-bond acceptors (Lipinski definition) is 4. The predicted molar refractivity (Wildman–Crippen MR) is 72.2 cm³/mol. The third-order valence-electron chi connectivity index (χ3n) is 3.65. The van der Waals surface area contributed by atoms with E-state index < -0.39 is 5.97 Å². The molecule has 0 amide bonds. The molecule has 6 nitrogen and oxygen atoms in total. The van der Waals surface area contributed by atoms with Crippen molar-refractivity contribution in [1.29, 1.82) is 0 Å². The second-order valence-electron chi connectivity index (χ2n) is 4.97. The summed E-state index contributed by atoms with van der Waals surface area (Å²) in [5, 5.41) is 14.3. The van der Waals surface area contributed by atoms with E-state index in [9.17, 15) is 4.79 Å². The zero-order valence-corrected chi connectivity index (χ0v) is 11.2. The number of benzene rings is 1. The van der Waals surface area contributed by atoms with Crippen LogP contribution in [0.1, 0.15) is 16.8 Å². The first-order valence-electron chi connectivity index (χ1n) is 6.53. The lowest BCUT2D eigenvalue weighted by atomic mass is 10.1. The Labute approximate surface area is 115 Å². The molecule has 1 aromatic carbocycles. The molecular weight excluding hydrogens is 260 g/mol. The topological polar surface area (TPSA) is 73.6 Å². The van der Waals surface area contributed by atoms with Crippen LogP contribution in [0.25, 0.3) is 10.9 Å². The summed E-state index contributed by atoms with van der Waals surface area (Å²) in [7, 11) is 1.47. The van der Waals surface area contributed by atoms with Gasteiger partial charge >= 0.3 is 5.97 Å². The minimum atomic E-state index is -0.999. The van der Waals surface area contributed by atoms with Crippen molar-refractivity contribution in [2.75, 3.05) is 20.3 Å². The van der Waals surface area contributed by atoms with Gasteiger partial charge in [0.1, 0.15) is 11.3 Å². The summed E-state index contributed by atoms with van der Waals surface area (Å²) in [4.78, 5) is 11.2. The van der Waals surface area contributed by atoms with Crippen LogP contribution in [0.3, 0.4) is 0 Å². The SMILES string of the molecule is COc1cc2c(cnn2CC2CCOC2)cc1C(=O)O. The van der Waals surface area contributed by atoms with Gasteiger partial charge in [-0.25, -0.2) is 4.79 Å². The van der Waals surface area contributed by atoms with Gasteiger partial charge in [0, 0.05) is 30.5 Å². The maximum atomic E-state index is 11.2. The monoisotopic (exact) mass is 276 g/mol. The van der Waals surface area contributed by atoms with Crippen LogP contribution < -0.4 is 4.74 Å². The molecule has 1 unspecified atom stereocenters. The van der Waals surface area contributed by atoms with E-state index in [2.05, 4.69) is 5.10 Å². The molecule has 0 bridgehead atoms. The van der Waals surface area contributed by atoms with Crippen molar-refractivity contribution in [2.24, 2.45) is 5.92 Å². The summed E-state index contributed by atoms with van der Waals surface area (Å²) in [5.41, 5.74) is 1.04. The third kappa shape index (κ3) is 2.22. The van der Waals surface area contributed by atoms with Gasteiger partial charge in [-0.05, 0) is 12.5 Å². The maximum Gasteiger partial charge on any atom is 0.339 e. The zero-order chi connectivity index (χ0) is 14.1. The van der Waals surface area contributed by atoms with E-state index in [0.717, 1.165) is 37.1 Å². The molecule has 1 saturated heterocycles. The van der Waals surface area contributed by atoms with E-state index in [1.165, 1.54) is 7.11 Å². The molecule has 6 heteroatoms. The Morgan fingerprint density at radius 2 is 2.45 bits per heavy atom. The number of rotatable bonds is 4. The smallest absolute Gasteiger partial charge is 0.339 e. The van der Waals surface area contributed by atoms with Crippen LogP contribution in [-0.2, 0) is 11.3 Å². The lowest BCUT2D eigenvalue weighted by Gasteiger charge is -2.10. The van der Waals surface area contributed by atoms with E-state index in [1.54, 1.807) is 18.3 Å². The summed E-state index contributed by atoms with van der Waals surface area (Å²) in [6, 6.07) is 3.34. The van der Waals surface area contributed by atoms with Crippen LogP contribution in [0.5, 0.6) is 5.75 Å². The normalized spacial score (nSPS) is 18.6. The van der Waals surface area contributed by atoms with Crippen molar-refractivity contribution in [2.45, 2.75) is 13.0 Å². The van der Waals surface area contributed by atoms with Crippen molar-refractivity contribution in [3.8, 4) is 5.75 Å². The van der Waals surface area contributed by atoms with Gasteiger partial charge in [0.15, 0.2) is 0 Å². The molecule has 1 atom stereocenters. The molecule has 0 radical (unpaired) electrons. The van der Waals surface area contributed by atoms with Gasteiger partial charge < -0.3 is 14.6 Å². The van der Waals surface area contributed by atoms with E-state index in [-0.39, 0.29) is 5.56 Å². The minimum absolute atomic E-state index is 0.156. The fraction of sp³-hybridized carbons (Fsp3) is 0.429. The molecule has 3 rings (SSSR count). The fourth-order valence-corrected chi connectivity index (χ4v) is 2.56. The quantitative estimate of drug-likeness (QED) is 0.921. The van der Waals surface area contributed by atoms with E-state index in [1.807, 2.05) is 4.68 Å². The molecular formula is C14H16N2O4. The van der Waals surface area contributed by atoms with Crippen LogP contribution in [-0.4, -0.2) is 41.2 Å². The Hall–Kier alpha value is -2.08. The molecule has 106 valence electrons. The van der Waals surface area contributed by atoms with Crippen LogP contribution in [0.15, 0.2) is 18.3 Å². The molecule has 0 saturated carbocycles. The highest BCUT2D eigenvalue weighted by molar-refractivity contribution is 5.96. The van der Waals surface area contributed by atoms with Crippen LogP contribution in [0, 0.1) is 5.92 Å². The van der Waals surface area contributed by atoms with Gasteiger partial charge in [0.05, 0.1) is 25.4 Å². The van der Waals surface area contributed by atoms with Crippen LogP contribution in [0.2, 0.25) is 0 Å². The van der Waals surface area contributed by atoms with Crippen molar-refractivity contribution < 1.29 is 19.4 Å². The van der Waals surface area contributed by atoms with Crippen molar-refractivity contribution >= 4 is 16.9 Å². The lowest BCUT2D eigenvalue weighted by molar-refractivity contribution is 0.0693. The number of aromatic carboxylic acids is 1. The number of methoxy groups -OCH3 is 1. The molecule has 0 aliphatic carbocycles. The average Bonchev–Trinajstić information content (AvgIpc) is 3.08. The predicted octanol–water partition coefficient (Wildman–Crippen LogP) is 1.78. The zero-order valence-electron chi connectivity index (χ0n) is 11.2. The number of carboxylic acid groups (broad SMARTS) is 1. The van der Waals surface area contributed by atoms with E-state index >= 15 is 0 Å². The summed E-state index contributed by atoms with van der Waals surface area (Å²) in [6.45, 7) is 2.33. The molecule has 1 aromatic heterocycles. The highest BCUT2D eigenvalue weighted by atomic mass is 16.5. The molecule has 2 aromatic rings. The summed E-state index contributed by atoms with van der Waals surface area (Å²) in [6.07, 6.45) is 2.72. The Balaban J connectivity index is 2.00. The van der Waals surface area contributed by atoms with Gasteiger partial charge in [-0.1, -0.05) is 0 Å². The number of hydrogen-bond donors (Lipinski definition) is 1. The molecule has 0 spiro atoms. The molecule has 2 heterocycles. The molecule has 1 aliphatic heterocycles. The van der Waals surface area contributed by atoms with Gasteiger partial charge in [-0.15, -0.1) is 0 Å². The first-order chi connectivity index (χ1) is 9.69. The highest BCUT2D eigenvalue weighted by Crippen LogP contribution is 2.27. The molecule has 1 aliphatic rings. The van der Waals surface area contributed by atoms with Crippen molar-refractivity contribution in [1.82, 2.24) is 9.78 Å². The number of carbonyl (C=O) groups is 1. The summed E-state index contributed by atoms with van der Waals surface area (Å²) >= 11 is 0.